The van der Waals surface area contributed by atoms with Crippen LogP contribution in [0.15, 0.2) is 41.0 Å². The van der Waals surface area contributed by atoms with Gasteiger partial charge in [0, 0.05) is 18.0 Å². The molecule has 1 aromatic heterocycles. The van der Waals surface area contributed by atoms with Crippen LogP contribution in [-0.4, -0.2) is 19.8 Å². The van der Waals surface area contributed by atoms with Gasteiger partial charge in [-0.25, -0.2) is 0 Å². The van der Waals surface area contributed by atoms with E-state index in [1.807, 2.05) is 24.3 Å². The second-order valence-corrected chi connectivity index (χ2v) is 5.16. The van der Waals surface area contributed by atoms with E-state index in [2.05, 4.69) is 18.3 Å². The first-order valence-corrected chi connectivity index (χ1v) is 7.52. The van der Waals surface area contributed by atoms with Gasteiger partial charge in [0.1, 0.15) is 19.0 Å². The van der Waals surface area contributed by atoms with Gasteiger partial charge in [-0.05, 0) is 31.2 Å². The van der Waals surface area contributed by atoms with Crippen molar-refractivity contribution in [3.05, 3.63) is 47.9 Å². The van der Waals surface area contributed by atoms with Gasteiger partial charge in [0.2, 0.25) is 0 Å². The lowest BCUT2D eigenvalue weighted by molar-refractivity contribution is 0.168. The van der Waals surface area contributed by atoms with E-state index >= 15 is 0 Å². The quantitative estimate of drug-likeness (QED) is 0.885. The Kier molecular flexibility index (Phi) is 4.46. The maximum Gasteiger partial charge on any atom is 0.166 e. The summed E-state index contributed by atoms with van der Waals surface area (Å²) in [6.45, 7) is 4.33. The second kappa shape index (κ2) is 6.68. The summed E-state index contributed by atoms with van der Waals surface area (Å²) in [5.41, 5.74) is 1.14. The zero-order valence-corrected chi connectivity index (χ0v) is 12.3. The zero-order chi connectivity index (χ0) is 14.5. The van der Waals surface area contributed by atoms with Crippen molar-refractivity contribution in [1.29, 1.82) is 0 Å². The van der Waals surface area contributed by atoms with Crippen LogP contribution in [0.2, 0.25) is 0 Å². The normalized spacial score (nSPS) is 14.9. The van der Waals surface area contributed by atoms with Crippen molar-refractivity contribution < 1.29 is 13.9 Å². The van der Waals surface area contributed by atoms with Crippen LogP contribution in [0.3, 0.4) is 0 Å². The van der Waals surface area contributed by atoms with E-state index in [4.69, 9.17) is 13.9 Å². The summed E-state index contributed by atoms with van der Waals surface area (Å²) in [6, 6.07) is 10.2. The van der Waals surface area contributed by atoms with Gasteiger partial charge < -0.3 is 19.2 Å². The molecular weight excluding hydrogens is 266 g/mol. The molecule has 0 bridgehead atoms. The van der Waals surface area contributed by atoms with Crippen LogP contribution < -0.4 is 14.8 Å². The van der Waals surface area contributed by atoms with Crippen molar-refractivity contribution in [2.45, 2.75) is 25.8 Å². The van der Waals surface area contributed by atoms with Gasteiger partial charge >= 0.3 is 0 Å². The predicted molar refractivity (Wildman–Crippen MR) is 80.9 cm³/mol. The number of nitrogens with one attached hydrogen (secondary N) is 1. The molecule has 1 atom stereocenters. The number of hydrogen-bond donors (Lipinski definition) is 1. The summed E-state index contributed by atoms with van der Waals surface area (Å²) in [7, 11) is 0. The molecule has 0 saturated heterocycles. The highest BCUT2D eigenvalue weighted by atomic mass is 16.6. The van der Waals surface area contributed by atoms with Crippen molar-refractivity contribution in [3.63, 3.8) is 0 Å². The van der Waals surface area contributed by atoms with E-state index < -0.39 is 0 Å². The van der Waals surface area contributed by atoms with Gasteiger partial charge in [-0.15, -0.1) is 0 Å². The first-order chi connectivity index (χ1) is 10.4. The Morgan fingerprint density at radius 2 is 2.05 bits per heavy atom. The fourth-order valence-electron chi connectivity index (χ4n) is 2.61. The van der Waals surface area contributed by atoms with Crippen molar-refractivity contribution in [1.82, 2.24) is 5.32 Å². The minimum Gasteiger partial charge on any atom is -0.486 e. The molecule has 0 saturated carbocycles. The average Bonchev–Trinajstić information content (AvgIpc) is 3.04. The molecule has 0 spiro atoms. The minimum absolute atomic E-state index is 0.160. The Hall–Kier alpha value is -1.94. The highest BCUT2D eigenvalue weighted by Crippen LogP contribution is 2.37. The smallest absolute Gasteiger partial charge is 0.166 e. The Balaban J connectivity index is 1.88. The third-order valence-corrected chi connectivity index (χ3v) is 3.60. The Bertz CT molecular complexity index is 565. The molecule has 0 aliphatic carbocycles. The van der Waals surface area contributed by atoms with E-state index in [1.54, 1.807) is 6.26 Å². The Labute approximate surface area is 125 Å². The topological polar surface area (TPSA) is 43.6 Å². The molecule has 4 nitrogen and oxygen atoms in total. The SMILES string of the molecule is CCCNC(Cc1ccco1)c1cccc2c1OCCO2. The van der Waals surface area contributed by atoms with E-state index in [-0.39, 0.29) is 6.04 Å². The molecule has 4 heteroatoms. The summed E-state index contributed by atoms with van der Waals surface area (Å²) < 4.78 is 17.0. The van der Waals surface area contributed by atoms with Crippen molar-refractivity contribution in [3.8, 4) is 11.5 Å². The molecule has 2 heterocycles. The van der Waals surface area contributed by atoms with Crippen LogP contribution in [-0.2, 0) is 6.42 Å². The lowest BCUT2D eigenvalue weighted by Gasteiger charge is -2.25. The van der Waals surface area contributed by atoms with E-state index in [1.165, 1.54) is 0 Å². The maximum absolute atomic E-state index is 5.84. The second-order valence-electron chi connectivity index (χ2n) is 5.16. The molecule has 1 N–H and O–H groups in total. The number of rotatable bonds is 6. The number of furan rings is 1. The summed E-state index contributed by atoms with van der Waals surface area (Å²) >= 11 is 0. The first-order valence-electron chi connectivity index (χ1n) is 7.52. The summed E-state index contributed by atoms with van der Waals surface area (Å²) in [6.07, 6.45) is 3.60. The summed E-state index contributed by atoms with van der Waals surface area (Å²) in [5, 5.41) is 3.58. The largest absolute Gasteiger partial charge is 0.486 e. The fourth-order valence-corrected chi connectivity index (χ4v) is 2.61. The van der Waals surface area contributed by atoms with E-state index in [0.717, 1.165) is 42.2 Å². The van der Waals surface area contributed by atoms with Gasteiger partial charge in [0.25, 0.3) is 0 Å². The van der Waals surface area contributed by atoms with E-state index in [0.29, 0.717) is 13.2 Å². The number of fused-ring (bicyclic) bond motifs is 1. The molecule has 0 radical (unpaired) electrons. The maximum atomic E-state index is 5.84. The van der Waals surface area contributed by atoms with Crippen LogP contribution in [0, 0.1) is 0 Å². The molecule has 0 amide bonds. The predicted octanol–water partition coefficient (Wildman–Crippen LogP) is 3.33. The lowest BCUT2D eigenvalue weighted by atomic mass is 10.00. The standard InChI is InChI=1S/C17H21NO3/c1-2-8-18-15(12-13-5-4-9-19-13)14-6-3-7-16-17(14)21-11-10-20-16/h3-7,9,15,18H,2,8,10-12H2,1H3. The highest BCUT2D eigenvalue weighted by Gasteiger charge is 2.22. The first kappa shape index (κ1) is 14.0. The van der Waals surface area contributed by atoms with Gasteiger partial charge in [-0.2, -0.15) is 0 Å². The van der Waals surface area contributed by atoms with Crippen LogP contribution in [0.1, 0.15) is 30.7 Å². The molecule has 0 fully saturated rings. The fraction of sp³-hybridized carbons (Fsp3) is 0.412. The van der Waals surface area contributed by atoms with Crippen molar-refractivity contribution in [2.75, 3.05) is 19.8 Å². The van der Waals surface area contributed by atoms with E-state index in [9.17, 15) is 0 Å². The zero-order valence-electron chi connectivity index (χ0n) is 12.3. The van der Waals surface area contributed by atoms with Gasteiger partial charge in [0.15, 0.2) is 11.5 Å². The Morgan fingerprint density at radius 1 is 1.14 bits per heavy atom. The number of ether oxygens (including phenoxy) is 2. The molecule has 21 heavy (non-hydrogen) atoms. The third-order valence-electron chi connectivity index (χ3n) is 3.60. The average molecular weight is 287 g/mol. The lowest BCUT2D eigenvalue weighted by Crippen LogP contribution is -2.26. The number of hydrogen-bond acceptors (Lipinski definition) is 4. The van der Waals surface area contributed by atoms with Crippen LogP contribution in [0.25, 0.3) is 0 Å². The highest BCUT2D eigenvalue weighted by molar-refractivity contribution is 5.49. The molecule has 2 aromatic rings. The molecule has 3 rings (SSSR count). The van der Waals surface area contributed by atoms with Gasteiger partial charge in [-0.3, -0.25) is 0 Å². The monoisotopic (exact) mass is 287 g/mol. The van der Waals surface area contributed by atoms with Crippen LogP contribution in [0.4, 0.5) is 0 Å². The van der Waals surface area contributed by atoms with Crippen molar-refractivity contribution >= 4 is 0 Å². The molecule has 1 unspecified atom stereocenters. The van der Waals surface area contributed by atoms with Gasteiger partial charge in [0.05, 0.1) is 6.26 Å². The molecule has 1 aliphatic heterocycles. The number of benzene rings is 1. The minimum atomic E-state index is 0.160. The number of para-hydroxylation sites is 1. The molecular formula is C17H21NO3. The Morgan fingerprint density at radius 3 is 2.86 bits per heavy atom. The van der Waals surface area contributed by atoms with Gasteiger partial charge in [-0.1, -0.05) is 19.1 Å². The van der Waals surface area contributed by atoms with Crippen molar-refractivity contribution in [2.24, 2.45) is 0 Å². The summed E-state index contributed by atoms with van der Waals surface area (Å²) in [4.78, 5) is 0. The summed E-state index contributed by atoms with van der Waals surface area (Å²) in [5.74, 6) is 2.67. The molecule has 1 aromatic carbocycles. The molecule has 112 valence electrons. The molecule has 1 aliphatic rings. The van der Waals surface area contributed by atoms with Crippen LogP contribution in [0.5, 0.6) is 11.5 Å². The third kappa shape index (κ3) is 3.22. The van der Waals surface area contributed by atoms with Crippen LogP contribution >= 0.6 is 0 Å².